The molecule has 1 heterocycles. The van der Waals surface area contributed by atoms with Crippen molar-refractivity contribution < 1.29 is 17.9 Å². The van der Waals surface area contributed by atoms with Gasteiger partial charge < -0.3 is 15.5 Å². The summed E-state index contributed by atoms with van der Waals surface area (Å²) >= 11 is 0. The van der Waals surface area contributed by atoms with Crippen molar-refractivity contribution in [1.29, 1.82) is 0 Å². The first-order valence-corrected chi connectivity index (χ1v) is 5.80. The van der Waals surface area contributed by atoms with E-state index in [1.165, 1.54) is 0 Å². The van der Waals surface area contributed by atoms with E-state index in [-0.39, 0.29) is 6.61 Å². The van der Waals surface area contributed by atoms with Gasteiger partial charge in [0.15, 0.2) is 0 Å². The maximum absolute atomic E-state index is 11.9. The number of ether oxygens (including phenoxy) is 1. The third kappa shape index (κ3) is 3.68. The summed E-state index contributed by atoms with van der Waals surface area (Å²) in [5.74, 6) is 0.595. The van der Waals surface area contributed by atoms with Crippen LogP contribution in [-0.4, -0.2) is 29.4 Å². The number of nitrogens with zero attached hydrogens (tertiary/aromatic N) is 1. The van der Waals surface area contributed by atoms with Crippen LogP contribution in [0.1, 0.15) is 11.4 Å². The summed E-state index contributed by atoms with van der Waals surface area (Å²) in [6.45, 7) is -0.898. The summed E-state index contributed by atoms with van der Waals surface area (Å²) in [5, 5.41) is 0. The van der Waals surface area contributed by atoms with Gasteiger partial charge in [0.05, 0.1) is 17.6 Å². The quantitative estimate of drug-likeness (QED) is 0.820. The molecule has 0 saturated carbocycles. The summed E-state index contributed by atoms with van der Waals surface area (Å²) in [4.78, 5) is 7.36. The minimum atomic E-state index is -4.29. The molecule has 0 amide bonds. The molecule has 0 atom stereocenters. The summed E-state index contributed by atoms with van der Waals surface area (Å²) in [6, 6.07) is 5.57. The second-order valence-corrected chi connectivity index (χ2v) is 4.12. The highest BCUT2D eigenvalue weighted by Gasteiger charge is 2.27. The average molecular weight is 273 g/mol. The lowest BCUT2D eigenvalue weighted by Gasteiger charge is -2.06. The lowest BCUT2D eigenvalue weighted by Crippen LogP contribution is -2.18. The monoisotopic (exact) mass is 273 g/mol. The molecule has 104 valence electrons. The molecule has 2 rings (SSSR count). The van der Waals surface area contributed by atoms with Crippen LogP contribution in [0.5, 0.6) is 0 Å². The van der Waals surface area contributed by atoms with E-state index in [1.807, 2.05) is 18.2 Å². The zero-order chi connectivity index (χ0) is 13.9. The van der Waals surface area contributed by atoms with Gasteiger partial charge >= 0.3 is 6.18 Å². The Kier molecular flexibility index (Phi) is 4.06. The Morgan fingerprint density at radius 3 is 2.79 bits per heavy atom. The van der Waals surface area contributed by atoms with Gasteiger partial charge in [0.2, 0.25) is 0 Å². The van der Waals surface area contributed by atoms with E-state index in [4.69, 9.17) is 5.73 Å². The van der Waals surface area contributed by atoms with E-state index in [0.29, 0.717) is 18.8 Å². The van der Waals surface area contributed by atoms with Gasteiger partial charge in [-0.1, -0.05) is 12.1 Å². The van der Waals surface area contributed by atoms with Crippen LogP contribution >= 0.6 is 0 Å². The van der Waals surface area contributed by atoms with Crippen LogP contribution < -0.4 is 5.73 Å². The van der Waals surface area contributed by atoms with Gasteiger partial charge in [0, 0.05) is 13.0 Å². The van der Waals surface area contributed by atoms with Crippen molar-refractivity contribution in [2.24, 2.45) is 5.73 Å². The molecule has 0 aliphatic carbocycles. The minimum Gasteiger partial charge on any atom is -0.372 e. The second-order valence-electron chi connectivity index (χ2n) is 4.12. The van der Waals surface area contributed by atoms with Crippen LogP contribution in [0.2, 0.25) is 0 Å². The van der Waals surface area contributed by atoms with Crippen molar-refractivity contribution in [2.75, 3.05) is 13.2 Å². The number of H-pyrrole nitrogens is 1. The maximum atomic E-state index is 11.9. The molecule has 0 bridgehead atoms. The Morgan fingerprint density at radius 1 is 1.32 bits per heavy atom. The number of benzene rings is 1. The van der Waals surface area contributed by atoms with Crippen LogP contribution in [0.4, 0.5) is 13.2 Å². The number of halogens is 3. The molecular formula is C12H14F3N3O. The van der Waals surface area contributed by atoms with Crippen molar-refractivity contribution in [3.63, 3.8) is 0 Å². The molecule has 1 aromatic heterocycles. The van der Waals surface area contributed by atoms with Crippen molar-refractivity contribution >= 4 is 11.0 Å². The number of fused-ring (bicyclic) bond motifs is 1. The Balaban J connectivity index is 1.98. The van der Waals surface area contributed by atoms with E-state index in [2.05, 4.69) is 14.7 Å². The normalized spacial score (nSPS) is 12.2. The number of hydrogen-bond acceptors (Lipinski definition) is 3. The Morgan fingerprint density at radius 2 is 2.11 bits per heavy atom. The first-order chi connectivity index (χ1) is 8.99. The molecule has 0 spiro atoms. The Bertz CT molecular complexity index is 551. The lowest BCUT2D eigenvalue weighted by molar-refractivity contribution is -0.173. The number of alkyl halides is 3. The van der Waals surface area contributed by atoms with Gasteiger partial charge in [-0.3, -0.25) is 0 Å². The third-order valence-corrected chi connectivity index (χ3v) is 2.61. The largest absolute Gasteiger partial charge is 0.411 e. The molecule has 19 heavy (non-hydrogen) atoms. The lowest BCUT2D eigenvalue weighted by atomic mass is 10.2. The number of aromatic nitrogens is 2. The molecule has 0 fully saturated rings. The molecule has 0 unspecified atom stereocenters. The zero-order valence-corrected chi connectivity index (χ0v) is 10.1. The second kappa shape index (κ2) is 5.58. The van der Waals surface area contributed by atoms with E-state index >= 15 is 0 Å². The predicted molar refractivity (Wildman–Crippen MR) is 64.6 cm³/mol. The van der Waals surface area contributed by atoms with Crippen LogP contribution in [0.15, 0.2) is 18.2 Å². The van der Waals surface area contributed by atoms with E-state index < -0.39 is 12.8 Å². The summed E-state index contributed by atoms with van der Waals surface area (Å²) in [6.07, 6.45) is -3.99. The van der Waals surface area contributed by atoms with Gasteiger partial charge in [-0.15, -0.1) is 0 Å². The van der Waals surface area contributed by atoms with E-state index in [0.717, 1.165) is 16.6 Å². The Labute approximate surface area is 107 Å². The van der Waals surface area contributed by atoms with Gasteiger partial charge in [0.1, 0.15) is 12.4 Å². The molecule has 0 saturated heterocycles. The highest BCUT2D eigenvalue weighted by atomic mass is 19.4. The highest BCUT2D eigenvalue weighted by Crippen LogP contribution is 2.17. The standard InChI is InChI=1S/C12H14F3N3O/c13-12(14,15)7-19-5-4-10-17-9-3-1-2-8(6-16)11(9)18-10/h1-3H,4-7,16H2,(H,17,18). The van der Waals surface area contributed by atoms with Crippen molar-refractivity contribution in [3.05, 3.63) is 29.6 Å². The highest BCUT2D eigenvalue weighted by molar-refractivity contribution is 5.78. The van der Waals surface area contributed by atoms with E-state index in [1.54, 1.807) is 0 Å². The minimum absolute atomic E-state index is 0.0305. The first kappa shape index (κ1) is 13.8. The van der Waals surface area contributed by atoms with Crippen molar-refractivity contribution in [1.82, 2.24) is 9.97 Å². The summed E-state index contributed by atoms with van der Waals surface area (Å²) in [7, 11) is 0. The fourth-order valence-electron chi connectivity index (χ4n) is 1.78. The molecular weight excluding hydrogens is 259 g/mol. The number of para-hydroxylation sites is 1. The first-order valence-electron chi connectivity index (χ1n) is 5.80. The van der Waals surface area contributed by atoms with Crippen LogP contribution in [-0.2, 0) is 17.7 Å². The van der Waals surface area contributed by atoms with Crippen molar-refractivity contribution in [2.45, 2.75) is 19.1 Å². The summed E-state index contributed by atoms with van der Waals surface area (Å²) in [5.41, 5.74) is 8.08. The number of nitrogens with one attached hydrogen (secondary N) is 1. The van der Waals surface area contributed by atoms with Crippen molar-refractivity contribution in [3.8, 4) is 0 Å². The van der Waals surface area contributed by atoms with Gasteiger partial charge in [-0.25, -0.2) is 4.98 Å². The zero-order valence-electron chi connectivity index (χ0n) is 10.1. The van der Waals surface area contributed by atoms with Gasteiger partial charge in [-0.05, 0) is 11.6 Å². The number of rotatable bonds is 5. The molecule has 3 N–H and O–H groups in total. The molecule has 1 aromatic carbocycles. The molecule has 0 aliphatic rings. The van der Waals surface area contributed by atoms with Crippen LogP contribution in [0.25, 0.3) is 11.0 Å². The Hall–Kier alpha value is -1.60. The van der Waals surface area contributed by atoms with Crippen LogP contribution in [0, 0.1) is 0 Å². The average Bonchev–Trinajstić information content (AvgIpc) is 2.76. The molecule has 4 nitrogen and oxygen atoms in total. The number of nitrogens with two attached hydrogens (primary N) is 1. The number of hydrogen-bond donors (Lipinski definition) is 2. The number of aromatic amines is 1. The topological polar surface area (TPSA) is 63.9 Å². The molecule has 2 aromatic rings. The molecule has 7 heteroatoms. The number of imidazole rings is 1. The smallest absolute Gasteiger partial charge is 0.372 e. The fraction of sp³-hybridized carbons (Fsp3) is 0.417. The van der Waals surface area contributed by atoms with E-state index in [9.17, 15) is 13.2 Å². The fourth-order valence-corrected chi connectivity index (χ4v) is 1.78. The maximum Gasteiger partial charge on any atom is 0.411 e. The van der Waals surface area contributed by atoms with Crippen LogP contribution in [0.3, 0.4) is 0 Å². The van der Waals surface area contributed by atoms with Gasteiger partial charge in [-0.2, -0.15) is 13.2 Å². The molecule has 0 radical (unpaired) electrons. The summed E-state index contributed by atoms with van der Waals surface area (Å²) < 4.78 is 40.2. The SMILES string of the molecule is NCc1cccc2[nH]c(CCOCC(F)(F)F)nc12. The third-order valence-electron chi connectivity index (χ3n) is 2.61. The molecule has 0 aliphatic heterocycles. The predicted octanol–water partition coefficient (Wildman–Crippen LogP) is 2.14. The van der Waals surface area contributed by atoms with Gasteiger partial charge in [0.25, 0.3) is 0 Å².